The van der Waals surface area contributed by atoms with Crippen molar-refractivity contribution in [3.8, 4) is 0 Å². The molecule has 3 rings (SSSR count). The highest BCUT2D eigenvalue weighted by molar-refractivity contribution is 7.41. The fourth-order valence-electron chi connectivity index (χ4n) is 5.87. The van der Waals surface area contributed by atoms with Crippen molar-refractivity contribution in [1.82, 2.24) is 0 Å². The molecular weight excluding hydrogens is 544 g/mol. The van der Waals surface area contributed by atoms with Crippen LogP contribution in [0.4, 0.5) is 34.1 Å². The molecule has 0 bridgehead atoms. The largest absolute Gasteiger partial charge is 0.378 e. The van der Waals surface area contributed by atoms with Gasteiger partial charge in [-0.15, -0.1) is 11.1 Å². The molecule has 0 spiro atoms. The van der Waals surface area contributed by atoms with Gasteiger partial charge in [0.15, 0.2) is 0 Å². The van der Waals surface area contributed by atoms with E-state index in [1.165, 1.54) is 49.3 Å². The Labute approximate surface area is 255 Å². The van der Waals surface area contributed by atoms with E-state index in [9.17, 15) is 0 Å². The molecule has 0 heterocycles. The summed E-state index contributed by atoms with van der Waals surface area (Å²) in [5.41, 5.74) is 10.7. The molecule has 0 N–H and O–H groups in total. The van der Waals surface area contributed by atoms with E-state index in [0.717, 1.165) is 17.1 Å². The predicted octanol–water partition coefficient (Wildman–Crippen LogP) is 4.21. The van der Waals surface area contributed by atoms with Crippen LogP contribution >= 0.6 is 11.1 Å². The number of benzene rings is 3. The third-order valence-electron chi connectivity index (χ3n) is 7.95. The maximum atomic E-state index is 8.49. The van der Waals surface area contributed by atoms with Gasteiger partial charge in [-0.25, -0.2) is 0 Å². The number of hydrogen-bond donors (Lipinski definition) is 0. The summed E-state index contributed by atoms with van der Waals surface area (Å²) in [6, 6.07) is 14.0. The van der Waals surface area contributed by atoms with E-state index in [0.29, 0.717) is 0 Å². The van der Waals surface area contributed by atoms with Crippen molar-refractivity contribution in [2.45, 2.75) is 20.8 Å². The fraction of sp³-hybridized carbons (Fsp3) is 0.455. The Morgan fingerprint density at radius 1 is 0.366 bits per heavy atom. The Bertz CT molecular complexity index is 1240. The van der Waals surface area contributed by atoms with E-state index in [4.69, 9.17) is 11.1 Å². The van der Waals surface area contributed by atoms with Crippen LogP contribution in [0.2, 0.25) is 0 Å². The highest BCUT2D eigenvalue weighted by Crippen LogP contribution is 2.34. The molecule has 0 aliphatic heterocycles. The molecule has 0 radical (unpaired) electrons. The Morgan fingerprint density at radius 3 is 0.732 bits per heavy atom. The van der Waals surface area contributed by atoms with Crippen LogP contribution in [0.5, 0.6) is 0 Å². The van der Waals surface area contributed by atoms with E-state index >= 15 is 0 Å². The lowest BCUT2D eigenvalue weighted by atomic mass is 10.1. The Morgan fingerprint density at radius 2 is 0.561 bits per heavy atom. The number of aryl methyl sites for hydroxylation is 3. The van der Waals surface area contributed by atoms with Crippen molar-refractivity contribution < 1.29 is 0 Å². The van der Waals surface area contributed by atoms with Gasteiger partial charge in [-0.05, 0) is 71.2 Å². The number of rotatable bonds is 9. The number of halogens is 1. The van der Waals surface area contributed by atoms with Gasteiger partial charge in [-0.3, -0.25) is 0 Å². The minimum Gasteiger partial charge on any atom is -0.378 e. The second kappa shape index (κ2) is 12.1. The molecular formula is C33H51ClN6Si. The van der Waals surface area contributed by atoms with Crippen LogP contribution in [0.1, 0.15) is 16.7 Å². The predicted molar refractivity (Wildman–Crippen MR) is 190 cm³/mol. The quantitative estimate of drug-likeness (QED) is 0.208. The molecule has 0 atom stereocenters. The monoisotopic (exact) mass is 594 g/mol. The van der Waals surface area contributed by atoms with Crippen molar-refractivity contribution >= 4 is 68.1 Å². The molecule has 6 nitrogen and oxygen atoms in total. The van der Waals surface area contributed by atoms with E-state index < -0.39 is 7.38 Å². The lowest BCUT2D eigenvalue weighted by Crippen LogP contribution is -2.65. The normalized spacial score (nSPS) is 11.4. The number of nitrogens with zero attached hydrogens (tertiary/aromatic N) is 6. The van der Waals surface area contributed by atoms with Crippen LogP contribution in [0.3, 0.4) is 0 Å². The topological polar surface area (TPSA) is 19.4 Å². The summed E-state index contributed by atoms with van der Waals surface area (Å²) in [4.78, 5) is 13.2. The second-order valence-electron chi connectivity index (χ2n) is 12.5. The number of anilines is 6. The first-order valence-electron chi connectivity index (χ1n) is 14.1. The molecule has 0 saturated carbocycles. The summed E-state index contributed by atoms with van der Waals surface area (Å²) >= 11 is 8.49. The minimum atomic E-state index is -3.18. The van der Waals surface area contributed by atoms with Gasteiger partial charge in [0.1, 0.15) is 0 Å². The maximum absolute atomic E-state index is 8.49. The lowest BCUT2D eigenvalue weighted by molar-refractivity contribution is 1.09. The van der Waals surface area contributed by atoms with Gasteiger partial charge < -0.3 is 29.4 Å². The molecule has 0 saturated heterocycles. The molecule has 3 aromatic carbocycles. The summed E-state index contributed by atoms with van der Waals surface area (Å²) in [6.45, 7) is 6.60. The summed E-state index contributed by atoms with van der Waals surface area (Å²) < 4.78 is 0. The van der Waals surface area contributed by atoms with Crippen LogP contribution in [-0.4, -0.2) is 92.0 Å². The molecule has 0 unspecified atom stereocenters. The standard InChI is InChI=1S/C33H51ClN6Si/c1-22-16-31(28(38(10)11)19-25(22)35(4)5)41(34,32-17-23(2)26(36(6)7)20-29(32)39(12)13)33-18-24(3)27(37(8)9)21-30(33)40(14)15/h16-21H,1-15H3. The van der Waals surface area contributed by atoms with Gasteiger partial charge in [0.25, 0.3) is 7.38 Å². The van der Waals surface area contributed by atoms with Gasteiger partial charge in [0, 0.05) is 119 Å². The summed E-state index contributed by atoms with van der Waals surface area (Å²) in [5.74, 6) is 0. The van der Waals surface area contributed by atoms with E-state index in [1.807, 2.05) is 0 Å². The van der Waals surface area contributed by atoms with Crippen LogP contribution in [0.15, 0.2) is 36.4 Å². The van der Waals surface area contributed by atoms with E-state index in [2.05, 4.69) is 171 Å². The Hall–Kier alpha value is -3.03. The smallest absolute Gasteiger partial charge is 0.254 e. The van der Waals surface area contributed by atoms with Crippen molar-refractivity contribution in [3.05, 3.63) is 53.1 Å². The average Bonchev–Trinajstić information content (AvgIpc) is 2.86. The van der Waals surface area contributed by atoms with Gasteiger partial charge in [0.2, 0.25) is 0 Å². The molecule has 41 heavy (non-hydrogen) atoms. The number of hydrogen-bond acceptors (Lipinski definition) is 6. The van der Waals surface area contributed by atoms with Gasteiger partial charge in [0.05, 0.1) is 0 Å². The maximum Gasteiger partial charge on any atom is 0.254 e. The minimum absolute atomic E-state index is 1.15. The fourth-order valence-corrected chi connectivity index (χ4v) is 11.3. The van der Waals surface area contributed by atoms with Crippen molar-refractivity contribution in [3.63, 3.8) is 0 Å². The first-order valence-corrected chi connectivity index (χ1v) is 17.1. The lowest BCUT2D eigenvalue weighted by Gasteiger charge is -2.38. The van der Waals surface area contributed by atoms with Gasteiger partial charge >= 0.3 is 0 Å². The molecule has 0 aliphatic carbocycles. The SMILES string of the molecule is Cc1cc([Si](Cl)(c2cc(C)c(N(C)C)cc2N(C)C)c2cc(C)c(N(C)C)cc2N(C)C)c(N(C)C)cc1N(C)C. The van der Waals surface area contributed by atoms with Crippen LogP contribution < -0.4 is 45.0 Å². The molecule has 8 heteroatoms. The Balaban J connectivity index is 2.67. The van der Waals surface area contributed by atoms with Crippen LogP contribution in [0.25, 0.3) is 0 Å². The first kappa shape index (κ1) is 32.5. The summed E-state index contributed by atoms with van der Waals surface area (Å²) in [5, 5.41) is 3.60. The zero-order chi connectivity index (χ0) is 31.1. The molecule has 0 aromatic heterocycles. The van der Waals surface area contributed by atoms with Gasteiger partial charge in [-0.2, -0.15) is 0 Å². The second-order valence-corrected chi connectivity index (χ2v) is 17.1. The first-order chi connectivity index (χ1) is 18.9. The molecule has 0 aliphatic rings. The summed E-state index contributed by atoms with van der Waals surface area (Å²) in [7, 11) is 22.2. The zero-order valence-corrected chi connectivity index (χ0v) is 29.8. The highest BCUT2D eigenvalue weighted by Gasteiger charge is 2.45. The third-order valence-corrected chi connectivity index (χ3v) is 13.2. The molecule has 224 valence electrons. The Kier molecular flexibility index (Phi) is 9.56. The van der Waals surface area contributed by atoms with Crippen LogP contribution in [-0.2, 0) is 0 Å². The molecule has 0 fully saturated rings. The van der Waals surface area contributed by atoms with Crippen molar-refractivity contribution in [1.29, 1.82) is 0 Å². The summed E-state index contributed by atoms with van der Waals surface area (Å²) in [6.07, 6.45) is 0. The van der Waals surface area contributed by atoms with Crippen molar-refractivity contribution in [2.75, 3.05) is 114 Å². The molecule has 0 amide bonds. The molecule has 3 aromatic rings. The van der Waals surface area contributed by atoms with Gasteiger partial charge in [-0.1, -0.05) is 18.2 Å². The van der Waals surface area contributed by atoms with Crippen molar-refractivity contribution in [2.24, 2.45) is 0 Å². The highest BCUT2D eigenvalue weighted by atomic mass is 35.6. The van der Waals surface area contributed by atoms with E-state index in [-0.39, 0.29) is 0 Å². The average molecular weight is 595 g/mol. The zero-order valence-electron chi connectivity index (χ0n) is 28.0. The van der Waals surface area contributed by atoms with E-state index in [1.54, 1.807) is 0 Å². The third kappa shape index (κ3) is 5.98. The van der Waals surface area contributed by atoms with Crippen LogP contribution in [0, 0.1) is 20.8 Å².